The summed E-state index contributed by atoms with van der Waals surface area (Å²) >= 11 is 3.75. The van der Waals surface area contributed by atoms with Crippen molar-refractivity contribution in [3.8, 4) is 0 Å². The quantitative estimate of drug-likeness (QED) is 0.898. The van der Waals surface area contributed by atoms with Gasteiger partial charge in [0.2, 0.25) is 0 Å². The Morgan fingerprint density at radius 1 is 1.39 bits per heavy atom. The van der Waals surface area contributed by atoms with Crippen LogP contribution in [0.5, 0.6) is 0 Å². The second kappa shape index (κ2) is 5.62. The standard InChI is InChI=1S/C15H23BrN2/c1-10(2)14-8-17-12(4)9-18(14)13-7-5-6-11(3)15(13)16/h5-7,10,12,14,17H,8-9H2,1-4H3. The molecule has 100 valence electrons. The van der Waals surface area contributed by atoms with Crippen molar-refractivity contribution in [2.45, 2.75) is 39.8 Å². The Morgan fingerprint density at radius 2 is 2.11 bits per heavy atom. The molecule has 2 unspecified atom stereocenters. The molecular weight excluding hydrogens is 288 g/mol. The number of halogens is 1. The molecule has 1 heterocycles. The molecule has 0 radical (unpaired) electrons. The van der Waals surface area contributed by atoms with Gasteiger partial charge in [-0.25, -0.2) is 0 Å². The predicted molar refractivity (Wildman–Crippen MR) is 82.3 cm³/mol. The molecule has 1 saturated heterocycles. The second-order valence-electron chi connectivity index (χ2n) is 5.68. The van der Waals surface area contributed by atoms with Crippen molar-refractivity contribution in [1.82, 2.24) is 5.32 Å². The van der Waals surface area contributed by atoms with E-state index in [-0.39, 0.29) is 0 Å². The number of benzene rings is 1. The van der Waals surface area contributed by atoms with Gasteiger partial charge in [0.15, 0.2) is 0 Å². The maximum atomic E-state index is 3.75. The molecular formula is C15H23BrN2. The van der Waals surface area contributed by atoms with Gasteiger partial charge < -0.3 is 10.2 Å². The lowest BCUT2D eigenvalue weighted by Crippen LogP contribution is -2.57. The maximum Gasteiger partial charge on any atom is 0.0516 e. The maximum absolute atomic E-state index is 3.75. The van der Waals surface area contributed by atoms with Crippen molar-refractivity contribution in [3.63, 3.8) is 0 Å². The first-order chi connectivity index (χ1) is 8.50. The van der Waals surface area contributed by atoms with Crippen LogP contribution in [0, 0.1) is 12.8 Å². The smallest absolute Gasteiger partial charge is 0.0516 e. The van der Waals surface area contributed by atoms with Crippen LogP contribution < -0.4 is 10.2 Å². The van der Waals surface area contributed by atoms with Crippen LogP contribution in [0.25, 0.3) is 0 Å². The van der Waals surface area contributed by atoms with Gasteiger partial charge in [-0.15, -0.1) is 0 Å². The lowest BCUT2D eigenvalue weighted by atomic mass is 9.97. The molecule has 0 aromatic heterocycles. The van der Waals surface area contributed by atoms with E-state index in [9.17, 15) is 0 Å². The molecule has 0 bridgehead atoms. The lowest BCUT2D eigenvalue weighted by Gasteiger charge is -2.43. The van der Waals surface area contributed by atoms with E-state index in [1.807, 2.05) is 0 Å². The second-order valence-corrected chi connectivity index (χ2v) is 6.47. The summed E-state index contributed by atoms with van der Waals surface area (Å²) in [5.74, 6) is 0.650. The first-order valence-corrected chi connectivity index (χ1v) is 7.55. The first kappa shape index (κ1) is 13.9. The zero-order valence-corrected chi connectivity index (χ0v) is 13.3. The molecule has 0 amide bonds. The van der Waals surface area contributed by atoms with Crippen molar-refractivity contribution in [1.29, 1.82) is 0 Å². The summed E-state index contributed by atoms with van der Waals surface area (Å²) in [6, 6.07) is 7.65. The molecule has 18 heavy (non-hydrogen) atoms. The van der Waals surface area contributed by atoms with Crippen LogP contribution in [0.2, 0.25) is 0 Å². The van der Waals surface area contributed by atoms with E-state index < -0.39 is 0 Å². The number of rotatable bonds is 2. The van der Waals surface area contributed by atoms with Crippen molar-refractivity contribution in [2.75, 3.05) is 18.0 Å². The minimum atomic E-state index is 0.549. The highest BCUT2D eigenvalue weighted by Crippen LogP contribution is 2.33. The highest BCUT2D eigenvalue weighted by Gasteiger charge is 2.29. The van der Waals surface area contributed by atoms with Crippen molar-refractivity contribution in [3.05, 3.63) is 28.2 Å². The first-order valence-electron chi connectivity index (χ1n) is 6.76. The molecule has 0 aliphatic carbocycles. The Labute approximate surface area is 119 Å². The summed E-state index contributed by atoms with van der Waals surface area (Å²) in [6.45, 7) is 11.2. The average Bonchev–Trinajstić information content (AvgIpc) is 2.32. The summed E-state index contributed by atoms with van der Waals surface area (Å²) in [5, 5.41) is 3.59. The number of anilines is 1. The van der Waals surface area contributed by atoms with Gasteiger partial charge in [-0.3, -0.25) is 0 Å². The Hall–Kier alpha value is -0.540. The fourth-order valence-corrected chi connectivity index (χ4v) is 3.15. The third-order valence-electron chi connectivity index (χ3n) is 3.80. The number of hydrogen-bond acceptors (Lipinski definition) is 2. The number of aryl methyl sites for hydroxylation is 1. The average molecular weight is 311 g/mol. The Balaban J connectivity index is 2.35. The van der Waals surface area contributed by atoms with E-state index >= 15 is 0 Å². The third kappa shape index (κ3) is 2.72. The van der Waals surface area contributed by atoms with Crippen LogP contribution in [-0.2, 0) is 0 Å². The van der Waals surface area contributed by atoms with Gasteiger partial charge in [0.05, 0.1) is 5.69 Å². The Bertz CT molecular complexity index is 417. The largest absolute Gasteiger partial charge is 0.365 e. The predicted octanol–water partition coefficient (Wildman–Crippen LogP) is 3.58. The summed E-state index contributed by atoms with van der Waals surface area (Å²) in [6.07, 6.45) is 0. The number of nitrogens with zero attached hydrogens (tertiary/aromatic N) is 1. The monoisotopic (exact) mass is 310 g/mol. The molecule has 0 saturated carbocycles. The normalized spacial score (nSPS) is 24.7. The van der Waals surface area contributed by atoms with E-state index in [2.05, 4.69) is 72.0 Å². The van der Waals surface area contributed by atoms with Gasteiger partial charge in [-0.1, -0.05) is 26.0 Å². The molecule has 2 atom stereocenters. The summed E-state index contributed by atoms with van der Waals surface area (Å²) < 4.78 is 1.24. The number of nitrogens with one attached hydrogen (secondary N) is 1. The third-order valence-corrected chi connectivity index (χ3v) is 4.83. The highest BCUT2D eigenvalue weighted by atomic mass is 79.9. The van der Waals surface area contributed by atoms with Crippen molar-refractivity contribution < 1.29 is 0 Å². The zero-order chi connectivity index (χ0) is 13.3. The fourth-order valence-electron chi connectivity index (χ4n) is 2.65. The number of hydrogen-bond donors (Lipinski definition) is 1. The molecule has 1 aromatic carbocycles. The van der Waals surface area contributed by atoms with E-state index in [0.29, 0.717) is 18.0 Å². The van der Waals surface area contributed by atoms with Crippen LogP contribution in [0.15, 0.2) is 22.7 Å². The van der Waals surface area contributed by atoms with Crippen LogP contribution in [-0.4, -0.2) is 25.2 Å². The number of piperazine rings is 1. The minimum Gasteiger partial charge on any atom is -0.365 e. The molecule has 1 aliphatic heterocycles. The van der Waals surface area contributed by atoms with Gasteiger partial charge in [-0.05, 0) is 47.3 Å². The van der Waals surface area contributed by atoms with Crippen molar-refractivity contribution in [2.24, 2.45) is 5.92 Å². The molecule has 2 rings (SSSR count). The van der Waals surface area contributed by atoms with Crippen molar-refractivity contribution >= 4 is 21.6 Å². The summed E-state index contributed by atoms with van der Waals surface area (Å²) in [4.78, 5) is 2.56. The SMILES string of the molecule is Cc1cccc(N2CC(C)NCC2C(C)C)c1Br. The van der Waals surface area contributed by atoms with Gasteiger partial charge in [0.25, 0.3) is 0 Å². The molecule has 1 aromatic rings. The lowest BCUT2D eigenvalue weighted by molar-refractivity contribution is 0.349. The van der Waals surface area contributed by atoms with E-state index in [0.717, 1.165) is 13.1 Å². The highest BCUT2D eigenvalue weighted by molar-refractivity contribution is 9.10. The van der Waals surface area contributed by atoms with Crippen LogP contribution in [0.4, 0.5) is 5.69 Å². The topological polar surface area (TPSA) is 15.3 Å². The molecule has 3 heteroatoms. The van der Waals surface area contributed by atoms with Gasteiger partial charge in [0, 0.05) is 29.6 Å². The van der Waals surface area contributed by atoms with Crippen LogP contribution in [0.3, 0.4) is 0 Å². The van der Waals surface area contributed by atoms with Crippen LogP contribution in [0.1, 0.15) is 26.3 Å². The Kier molecular flexibility index (Phi) is 4.33. The molecule has 1 fully saturated rings. The van der Waals surface area contributed by atoms with E-state index in [1.165, 1.54) is 15.7 Å². The molecule has 0 spiro atoms. The fraction of sp³-hybridized carbons (Fsp3) is 0.600. The summed E-state index contributed by atoms with van der Waals surface area (Å²) in [7, 11) is 0. The zero-order valence-electron chi connectivity index (χ0n) is 11.7. The molecule has 2 nitrogen and oxygen atoms in total. The molecule has 1 aliphatic rings. The van der Waals surface area contributed by atoms with Crippen LogP contribution >= 0.6 is 15.9 Å². The van der Waals surface area contributed by atoms with E-state index in [4.69, 9.17) is 0 Å². The Morgan fingerprint density at radius 3 is 2.78 bits per heavy atom. The molecule has 1 N–H and O–H groups in total. The van der Waals surface area contributed by atoms with E-state index in [1.54, 1.807) is 0 Å². The van der Waals surface area contributed by atoms with Gasteiger partial charge in [-0.2, -0.15) is 0 Å². The van der Waals surface area contributed by atoms with Gasteiger partial charge in [0.1, 0.15) is 0 Å². The minimum absolute atomic E-state index is 0.549. The van der Waals surface area contributed by atoms with Gasteiger partial charge >= 0.3 is 0 Å². The summed E-state index contributed by atoms with van der Waals surface area (Å²) in [5.41, 5.74) is 2.64.